The average molecular weight is 274 g/mol. The highest BCUT2D eigenvalue weighted by Crippen LogP contribution is 2.18. The van der Waals surface area contributed by atoms with Gasteiger partial charge >= 0.3 is 5.97 Å². The summed E-state index contributed by atoms with van der Waals surface area (Å²) in [7, 11) is 0. The SMILES string of the molecule is CCCNCc1ccc2ccn(CC(=O)OCC)c2c1. The molecule has 0 amide bonds. The zero-order chi connectivity index (χ0) is 14.4. The number of fused-ring (bicyclic) bond motifs is 1. The molecule has 4 nitrogen and oxygen atoms in total. The second-order valence-corrected chi connectivity index (χ2v) is 4.82. The van der Waals surface area contributed by atoms with Gasteiger partial charge in [-0.1, -0.05) is 19.1 Å². The van der Waals surface area contributed by atoms with Crippen molar-refractivity contribution in [2.45, 2.75) is 33.4 Å². The maximum absolute atomic E-state index is 11.6. The van der Waals surface area contributed by atoms with Crippen LogP contribution >= 0.6 is 0 Å². The number of benzene rings is 1. The summed E-state index contributed by atoms with van der Waals surface area (Å²) in [5, 5.41) is 4.53. The van der Waals surface area contributed by atoms with E-state index in [-0.39, 0.29) is 12.5 Å². The number of hydrogen-bond acceptors (Lipinski definition) is 3. The van der Waals surface area contributed by atoms with Gasteiger partial charge in [0.2, 0.25) is 0 Å². The van der Waals surface area contributed by atoms with Gasteiger partial charge in [0.15, 0.2) is 0 Å². The van der Waals surface area contributed by atoms with Crippen molar-refractivity contribution in [3.8, 4) is 0 Å². The molecule has 2 rings (SSSR count). The first-order valence-electron chi connectivity index (χ1n) is 7.18. The molecule has 0 spiro atoms. The molecular formula is C16H22N2O2. The molecule has 0 radical (unpaired) electrons. The van der Waals surface area contributed by atoms with E-state index in [1.807, 2.05) is 23.8 Å². The largest absolute Gasteiger partial charge is 0.465 e. The highest BCUT2D eigenvalue weighted by molar-refractivity contribution is 5.82. The summed E-state index contributed by atoms with van der Waals surface area (Å²) in [4.78, 5) is 11.6. The van der Waals surface area contributed by atoms with Gasteiger partial charge in [0.1, 0.15) is 6.54 Å². The van der Waals surface area contributed by atoms with E-state index in [9.17, 15) is 4.79 Å². The summed E-state index contributed by atoms with van der Waals surface area (Å²) in [6.07, 6.45) is 3.06. The summed E-state index contributed by atoms with van der Waals surface area (Å²) in [6, 6.07) is 8.38. The lowest BCUT2D eigenvalue weighted by Gasteiger charge is -2.07. The number of ether oxygens (including phenoxy) is 1. The van der Waals surface area contributed by atoms with Crippen LogP contribution in [0.1, 0.15) is 25.8 Å². The van der Waals surface area contributed by atoms with Gasteiger partial charge in [-0.15, -0.1) is 0 Å². The van der Waals surface area contributed by atoms with Crippen LogP contribution < -0.4 is 5.32 Å². The highest BCUT2D eigenvalue weighted by Gasteiger charge is 2.07. The fraction of sp³-hybridized carbons (Fsp3) is 0.438. The van der Waals surface area contributed by atoms with E-state index in [0.717, 1.165) is 30.4 Å². The molecule has 0 unspecified atom stereocenters. The van der Waals surface area contributed by atoms with Crippen molar-refractivity contribution in [3.63, 3.8) is 0 Å². The van der Waals surface area contributed by atoms with Crippen molar-refractivity contribution in [2.24, 2.45) is 0 Å². The molecular weight excluding hydrogens is 252 g/mol. The second-order valence-electron chi connectivity index (χ2n) is 4.82. The average Bonchev–Trinajstić information content (AvgIpc) is 2.82. The smallest absolute Gasteiger partial charge is 0.325 e. The van der Waals surface area contributed by atoms with Gasteiger partial charge < -0.3 is 14.6 Å². The first-order valence-corrected chi connectivity index (χ1v) is 7.18. The van der Waals surface area contributed by atoms with Crippen molar-refractivity contribution in [1.82, 2.24) is 9.88 Å². The summed E-state index contributed by atoms with van der Waals surface area (Å²) < 4.78 is 6.94. The molecule has 0 aliphatic carbocycles. The number of carbonyl (C=O) groups is 1. The summed E-state index contributed by atoms with van der Waals surface area (Å²) in [6.45, 7) is 6.54. The van der Waals surface area contributed by atoms with Gasteiger partial charge in [0.25, 0.3) is 0 Å². The Bertz CT molecular complexity index is 575. The third kappa shape index (κ3) is 3.61. The Morgan fingerprint density at radius 2 is 2.15 bits per heavy atom. The van der Waals surface area contributed by atoms with E-state index >= 15 is 0 Å². The van der Waals surface area contributed by atoms with Gasteiger partial charge in [-0.2, -0.15) is 0 Å². The first kappa shape index (κ1) is 14.6. The van der Waals surface area contributed by atoms with E-state index in [1.54, 1.807) is 0 Å². The molecule has 0 saturated carbocycles. The van der Waals surface area contributed by atoms with Crippen LogP contribution in [0.15, 0.2) is 30.5 Å². The molecule has 108 valence electrons. The van der Waals surface area contributed by atoms with Crippen LogP contribution in [0, 0.1) is 0 Å². The van der Waals surface area contributed by atoms with Gasteiger partial charge in [0.05, 0.1) is 6.61 Å². The fourth-order valence-electron chi connectivity index (χ4n) is 2.23. The Balaban J connectivity index is 2.14. The standard InChI is InChI=1S/C16H22N2O2/c1-3-8-17-11-13-5-6-14-7-9-18(15(14)10-13)12-16(19)20-4-2/h5-7,9-10,17H,3-4,8,11-12H2,1-2H3. The Labute approximate surface area is 119 Å². The number of carbonyl (C=O) groups excluding carboxylic acids is 1. The number of esters is 1. The molecule has 0 aliphatic rings. The molecule has 0 aliphatic heterocycles. The van der Waals surface area contributed by atoms with Gasteiger partial charge in [-0.05, 0) is 43.0 Å². The fourth-order valence-corrected chi connectivity index (χ4v) is 2.23. The lowest BCUT2D eigenvalue weighted by molar-refractivity contribution is -0.143. The molecule has 2 aromatic rings. The minimum atomic E-state index is -0.195. The van der Waals surface area contributed by atoms with Crippen LogP contribution in [0.25, 0.3) is 10.9 Å². The molecule has 1 N–H and O–H groups in total. The van der Waals surface area contributed by atoms with E-state index in [0.29, 0.717) is 6.61 Å². The highest BCUT2D eigenvalue weighted by atomic mass is 16.5. The monoisotopic (exact) mass is 274 g/mol. The lowest BCUT2D eigenvalue weighted by atomic mass is 10.1. The molecule has 0 bridgehead atoms. The van der Waals surface area contributed by atoms with Crippen LogP contribution in [0.2, 0.25) is 0 Å². The Kier molecular flexibility index (Phi) is 5.18. The minimum Gasteiger partial charge on any atom is -0.465 e. The van der Waals surface area contributed by atoms with Crippen LogP contribution in [-0.4, -0.2) is 23.7 Å². The maximum Gasteiger partial charge on any atom is 0.325 e. The maximum atomic E-state index is 11.6. The molecule has 1 aromatic heterocycles. The predicted octanol–water partition coefficient (Wildman–Crippen LogP) is 2.70. The van der Waals surface area contributed by atoms with Gasteiger partial charge in [0, 0.05) is 18.3 Å². The number of rotatable bonds is 7. The molecule has 1 aromatic carbocycles. The summed E-state index contributed by atoms with van der Waals surface area (Å²) >= 11 is 0. The third-order valence-corrected chi connectivity index (χ3v) is 3.20. The Morgan fingerprint density at radius 3 is 2.90 bits per heavy atom. The van der Waals surface area contributed by atoms with Crippen LogP contribution in [0.3, 0.4) is 0 Å². The van der Waals surface area contributed by atoms with Crippen molar-refractivity contribution in [2.75, 3.05) is 13.2 Å². The minimum absolute atomic E-state index is 0.195. The van der Waals surface area contributed by atoms with Gasteiger partial charge in [-0.3, -0.25) is 4.79 Å². The molecule has 0 fully saturated rings. The van der Waals surface area contributed by atoms with Crippen molar-refractivity contribution in [1.29, 1.82) is 0 Å². The van der Waals surface area contributed by atoms with E-state index < -0.39 is 0 Å². The quantitative estimate of drug-likeness (QED) is 0.623. The molecule has 1 heterocycles. The van der Waals surface area contributed by atoms with E-state index in [1.165, 1.54) is 5.56 Å². The second kappa shape index (κ2) is 7.10. The third-order valence-electron chi connectivity index (χ3n) is 3.20. The number of aromatic nitrogens is 1. The van der Waals surface area contributed by atoms with Gasteiger partial charge in [-0.25, -0.2) is 0 Å². The number of nitrogens with one attached hydrogen (secondary N) is 1. The Hall–Kier alpha value is -1.81. The van der Waals surface area contributed by atoms with Crippen LogP contribution in [0.5, 0.6) is 0 Å². The summed E-state index contributed by atoms with van der Waals surface area (Å²) in [5.74, 6) is -0.195. The Morgan fingerprint density at radius 1 is 1.30 bits per heavy atom. The number of nitrogens with zero attached hydrogens (tertiary/aromatic N) is 1. The molecule has 4 heteroatoms. The van der Waals surface area contributed by atoms with Crippen LogP contribution in [-0.2, 0) is 22.6 Å². The summed E-state index contributed by atoms with van der Waals surface area (Å²) in [5.41, 5.74) is 2.31. The zero-order valence-corrected chi connectivity index (χ0v) is 12.2. The predicted molar refractivity (Wildman–Crippen MR) is 80.6 cm³/mol. The normalized spacial score (nSPS) is 10.9. The lowest BCUT2D eigenvalue weighted by Crippen LogP contribution is -2.14. The van der Waals surface area contributed by atoms with E-state index in [2.05, 4.69) is 30.4 Å². The van der Waals surface area contributed by atoms with Crippen molar-refractivity contribution < 1.29 is 9.53 Å². The molecule has 0 saturated heterocycles. The molecule has 0 atom stereocenters. The zero-order valence-electron chi connectivity index (χ0n) is 12.2. The van der Waals surface area contributed by atoms with Crippen molar-refractivity contribution >= 4 is 16.9 Å². The molecule has 20 heavy (non-hydrogen) atoms. The van der Waals surface area contributed by atoms with Crippen molar-refractivity contribution in [3.05, 3.63) is 36.0 Å². The van der Waals surface area contributed by atoms with Crippen LogP contribution in [0.4, 0.5) is 0 Å². The topological polar surface area (TPSA) is 43.3 Å². The van der Waals surface area contributed by atoms with E-state index in [4.69, 9.17) is 4.74 Å². The first-order chi connectivity index (χ1) is 9.74. The number of hydrogen-bond donors (Lipinski definition) is 1.